The Kier molecular flexibility index (Phi) is 3.27. The van der Waals surface area contributed by atoms with Crippen LogP contribution in [0.2, 0.25) is 5.15 Å². The first kappa shape index (κ1) is 12.0. The van der Waals surface area contributed by atoms with Crippen LogP contribution in [0.3, 0.4) is 0 Å². The van der Waals surface area contributed by atoms with Crippen LogP contribution in [0.5, 0.6) is 0 Å². The molecule has 2 aromatic rings. The van der Waals surface area contributed by atoms with Crippen LogP contribution in [-0.4, -0.2) is 22.9 Å². The van der Waals surface area contributed by atoms with Crippen LogP contribution in [0.4, 0.5) is 0 Å². The summed E-state index contributed by atoms with van der Waals surface area (Å²) in [6.45, 7) is 2.31. The Bertz CT molecular complexity index is 555. The number of fused-ring (bicyclic) bond motifs is 1. The van der Waals surface area contributed by atoms with Crippen LogP contribution in [0.15, 0.2) is 18.2 Å². The molecule has 2 heterocycles. The van der Waals surface area contributed by atoms with Crippen LogP contribution in [0, 0.1) is 5.92 Å². The van der Waals surface area contributed by atoms with E-state index >= 15 is 0 Å². The van der Waals surface area contributed by atoms with Crippen LogP contribution in [0.1, 0.15) is 18.4 Å². The molecule has 3 nitrogen and oxygen atoms in total. The van der Waals surface area contributed by atoms with Gasteiger partial charge in [0, 0.05) is 12.4 Å². The summed E-state index contributed by atoms with van der Waals surface area (Å²) in [7, 11) is 1.93. The molecule has 4 heteroatoms. The van der Waals surface area contributed by atoms with Crippen molar-refractivity contribution in [3.63, 3.8) is 0 Å². The fourth-order valence-corrected chi connectivity index (χ4v) is 3.08. The minimum atomic E-state index is 0.611. The molecule has 1 aliphatic rings. The van der Waals surface area contributed by atoms with Crippen LogP contribution in [-0.2, 0) is 13.5 Å². The molecule has 1 fully saturated rings. The normalized spacial score (nSPS) is 17.4. The van der Waals surface area contributed by atoms with E-state index in [1.807, 2.05) is 11.7 Å². The topological polar surface area (TPSA) is 29.9 Å². The number of nitrogens with zero attached hydrogens (tertiary/aromatic N) is 2. The zero-order chi connectivity index (χ0) is 12.5. The summed E-state index contributed by atoms with van der Waals surface area (Å²) < 4.78 is 1.84. The van der Waals surface area contributed by atoms with Gasteiger partial charge in [0.05, 0.1) is 5.52 Å². The standard InChI is InChI=1S/C14H18ClN3/c1-18-13-3-2-11(9-12(13)14(15)17-18)8-10-4-6-16-7-5-10/h2-3,9-10,16H,4-8H2,1H3. The summed E-state index contributed by atoms with van der Waals surface area (Å²) >= 11 is 6.15. The third-order valence-corrected chi connectivity index (χ3v) is 4.13. The van der Waals surface area contributed by atoms with Crippen molar-refractivity contribution in [3.05, 3.63) is 28.9 Å². The molecule has 0 unspecified atom stereocenters. The second-order valence-electron chi connectivity index (χ2n) is 5.16. The van der Waals surface area contributed by atoms with E-state index in [4.69, 9.17) is 11.6 Å². The summed E-state index contributed by atoms with van der Waals surface area (Å²) in [4.78, 5) is 0. The Labute approximate surface area is 112 Å². The lowest BCUT2D eigenvalue weighted by Gasteiger charge is -2.22. The molecule has 1 saturated heterocycles. The lowest BCUT2D eigenvalue weighted by molar-refractivity contribution is 0.373. The van der Waals surface area contributed by atoms with Crippen LogP contribution in [0.25, 0.3) is 10.9 Å². The molecule has 0 spiro atoms. The van der Waals surface area contributed by atoms with Crippen molar-refractivity contribution in [3.8, 4) is 0 Å². The monoisotopic (exact) mass is 263 g/mol. The highest BCUT2D eigenvalue weighted by molar-refractivity contribution is 6.34. The highest BCUT2D eigenvalue weighted by atomic mass is 35.5. The van der Waals surface area contributed by atoms with Gasteiger partial charge in [-0.25, -0.2) is 0 Å². The Hall–Kier alpha value is -1.06. The first-order valence-electron chi connectivity index (χ1n) is 6.56. The Balaban J connectivity index is 1.86. The molecule has 3 rings (SSSR count). The highest BCUT2D eigenvalue weighted by Crippen LogP contribution is 2.25. The fraction of sp³-hybridized carbons (Fsp3) is 0.500. The van der Waals surface area contributed by atoms with Crippen molar-refractivity contribution in [1.29, 1.82) is 0 Å². The zero-order valence-electron chi connectivity index (χ0n) is 10.6. The molecule has 0 saturated carbocycles. The SMILES string of the molecule is Cn1nc(Cl)c2cc(CC3CCNCC3)ccc21. The summed E-state index contributed by atoms with van der Waals surface area (Å²) in [5.41, 5.74) is 2.48. The molecule has 1 aromatic carbocycles. The number of halogens is 1. The zero-order valence-corrected chi connectivity index (χ0v) is 11.4. The first-order chi connectivity index (χ1) is 8.74. The van der Waals surface area contributed by atoms with Crippen LogP contribution < -0.4 is 5.32 Å². The second-order valence-corrected chi connectivity index (χ2v) is 5.52. The van der Waals surface area contributed by atoms with Crippen molar-refractivity contribution in [2.45, 2.75) is 19.3 Å². The van der Waals surface area contributed by atoms with Crippen molar-refractivity contribution < 1.29 is 0 Å². The number of hydrogen-bond donors (Lipinski definition) is 1. The van der Waals surface area contributed by atoms with Gasteiger partial charge in [0.15, 0.2) is 5.15 Å². The molecule has 0 bridgehead atoms. The molecule has 1 aliphatic heterocycles. The van der Waals surface area contributed by atoms with Gasteiger partial charge in [0.2, 0.25) is 0 Å². The summed E-state index contributed by atoms with van der Waals surface area (Å²) in [6.07, 6.45) is 3.71. The Morgan fingerprint density at radius 3 is 2.94 bits per heavy atom. The third-order valence-electron chi connectivity index (χ3n) is 3.85. The highest BCUT2D eigenvalue weighted by Gasteiger charge is 2.14. The van der Waals surface area contributed by atoms with E-state index in [9.17, 15) is 0 Å². The summed E-state index contributed by atoms with van der Waals surface area (Å²) in [5, 5.41) is 9.34. The molecule has 0 radical (unpaired) electrons. The van der Waals surface area contributed by atoms with E-state index in [0.717, 1.165) is 36.3 Å². The van der Waals surface area contributed by atoms with Crippen LogP contribution >= 0.6 is 11.6 Å². The Morgan fingerprint density at radius 2 is 2.17 bits per heavy atom. The van der Waals surface area contributed by atoms with Gasteiger partial charge in [-0.2, -0.15) is 5.10 Å². The number of aryl methyl sites for hydroxylation is 1. The van der Waals surface area contributed by atoms with Gasteiger partial charge in [-0.3, -0.25) is 4.68 Å². The molecule has 0 atom stereocenters. The van der Waals surface area contributed by atoms with E-state index in [1.165, 1.54) is 18.4 Å². The average molecular weight is 264 g/mol. The van der Waals surface area contributed by atoms with Crippen molar-refractivity contribution in [2.75, 3.05) is 13.1 Å². The van der Waals surface area contributed by atoms with Crippen molar-refractivity contribution in [1.82, 2.24) is 15.1 Å². The molecule has 18 heavy (non-hydrogen) atoms. The van der Waals surface area contributed by atoms with Gasteiger partial charge in [-0.05, 0) is 56.0 Å². The van der Waals surface area contributed by atoms with E-state index in [2.05, 4.69) is 28.6 Å². The molecule has 0 amide bonds. The number of rotatable bonds is 2. The van der Waals surface area contributed by atoms with Gasteiger partial charge >= 0.3 is 0 Å². The largest absolute Gasteiger partial charge is 0.317 e. The first-order valence-corrected chi connectivity index (χ1v) is 6.93. The average Bonchev–Trinajstić information content (AvgIpc) is 2.66. The molecule has 96 valence electrons. The van der Waals surface area contributed by atoms with E-state index in [0.29, 0.717) is 5.15 Å². The minimum Gasteiger partial charge on any atom is -0.317 e. The maximum Gasteiger partial charge on any atom is 0.158 e. The maximum absolute atomic E-state index is 6.15. The molecule has 1 N–H and O–H groups in total. The fourth-order valence-electron chi connectivity index (χ4n) is 2.82. The molecular formula is C14H18ClN3. The lowest BCUT2D eigenvalue weighted by atomic mass is 9.91. The predicted molar refractivity (Wildman–Crippen MR) is 75.0 cm³/mol. The number of aromatic nitrogens is 2. The molecular weight excluding hydrogens is 246 g/mol. The predicted octanol–water partition coefficient (Wildman–Crippen LogP) is 2.77. The number of hydrogen-bond acceptors (Lipinski definition) is 2. The summed E-state index contributed by atoms with van der Waals surface area (Å²) in [5.74, 6) is 0.805. The summed E-state index contributed by atoms with van der Waals surface area (Å²) in [6, 6.07) is 6.54. The van der Waals surface area contributed by atoms with E-state index in [1.54, 1.807) is 0 Å². The van der Waals surface area contributed by atoms with E-state index in [-0.39, 0.29) is 0 Å². The molecule has 0 aliphatic carbocycles. The van der Waals surface area contributed by atoms with Crippen molar-refractivity contribution in [2.24, 2.45) is 13.0 Å². The third kappa shape index (κ3) is 2.25. The van der Waals surface area contributed by atoms with E-state index < -0.39 is 0 Å². The van der Waals surface area contributed by atoms with Gasteiger partial charge in [-0.15, -0.1) is 0 Å². The van der Waals surface area contributed by atoms with Crippen molar-refractivity contribution >= 4 is 22.5 Å². The Morgan fingerprint density at radius 1 is 1.39 bits per heavy atom. The van der Waals surface area contributed by atoms with Gasteiger partial charge < -0.3 is 5.32 Å². The number of piperidine rings is 1. The van der Waals surface area contributed by atoms with Gasteiger partial charge in [0.25, 0.3) is 0 Å². The number of benzene rings is 1. The van der Waals surface area contributed by atoms with Gasteiger partial charge in [-0.1, -0.05) is 17.7 Å². The minimum absolute atomic E-state index is 0.611. The number of nitrogens with one attached hydrogen (secondary N) is 1. The smallest absolute Gasteiger partial charge is 0.158 e. The van der Waals surface area contributed by atoms with Gasteiger partial charge in [0.1, 0.15) is 0 Å². The maximum atomic E-state index is 6.15. The molecule has 1 aromatic heterocycles. The lowest BCUT2D eigenvalue weighted by Crippen LogP contribution is -2.28. The second kappa shape index (κ2) is 4.90. The quantitative estimate of drug-likeness (QED) is 0.903.